The highest BCUT2D eigenvalue weighted by atomic mass is 16.5. The average molecular weight is 467 g/mol. The van der Waals surface area contributed by atoms with Crippen molar-refractivity contribution in [1.82, 2.24) is 15.0 Å². The summed E-state index contributed by atoms with van der Waals surface area (Å²) in [5.41, 5.74) is 2.68. The second kappa shape index (κ2) is 10.2. The molecular weight excluding hydrogens is 432 g/mol. The topological polar surface area (TPSA) is 87.5 Å². The first-order valence-corrected chi connectivity index (χ1v) is 11.4. The molecule has 0 aliphatic rings. The van der Waals surface area contributed by atoms with Crippen LogP contribution in [-0.2, 0) is 5.41 Å². The monoisotopic (exact) mass is 466 g/mol. The number of benzene rings is 2. The molecule has 1 amide bonds. The summed E-state index contributed by atoms with van der Waals surface area (Å²) < 4.78 is 18.5. The molecule has 1 aromatic heterocycles. The van der Waals surface area contributed by atoms with Crippen molar-refractivity contribution >= 4 is 11.7 Å². The maximum Gasteiger partial charge on any atom is 0.260 e. The van der Waals surface area contributed by atoms with Crippen LogP contribution in [0.4, 0.5) is 5.82 Å². The molecule has 0 spiro atoms. The van der Waals surface area contributed by atoms with E-state index in [4.69, 9.17) is 14.2 Å². The van der Waals surface area contributed by atoms with Gasteiger partial charge >= 0.3 is 0 Å². The summed E-state index contributed by atoms with van der Waals surface area (Å²) >= 11 is 0. The van der Waals surface area contributed by atoms with Gasteiger partial charge in [0.1, 0.15) is 22.9 Å². The summed E-state index contributed by atoms with van der Waals surface area (Å²) in [6.45, 7) is 12.2. The van der Waals surface area contributed by atoms with Crippen molar-refractivity contribution in [2.24, 2.45) is 0 Å². The van der Waals surface area contributed by atoms with Crippen LogP contribution in [0.25, 0.3) is 5.69 Å². The number of amides is 1. The number of rotatable bonds is 8. The van der Waals surface area contributed by atoms with Crippen molar-refractivity contribution in [1.29, 1.82) is 0 Å². The largest absolute Gasteiger partial charge is 0.497 e. The average Bonchev–Trinajstić information content (AvgIpc) is 3.17. The lowest BCUT2D eigenvalue weighted by atomic mass is 9.86. The van der Waals surface area contributed by atoms with E-state index in [1.807, 2.05) is 39.0 Å². The van der Waals surface area contributed by atoms with Crippen molar-refractivity contribution in [3.63, 3.8) is 0 Å². The van der Waals surface area contributed by atoms with Crippen LogP contribution in [0.15, 0.2) is 36.4 Å². The van der Waals surface area contributed by atoms with E-state index >= 15 is 0 Å². The van der Waals surface area contributed by atoms with Crippen LogP contribution in [0.1, 0.15) is 62.7 Å². The third-order valence-electron chi connectivity index (χ3n) is 5.73. The molecular formula is C26H34N4O4. The molecule has 0 aliphatic carbocycles. The lowest BCUT2D eigenvalue weighted by molar-refractivity contribution is 0.101. The molecule has 34 heavy (non-hydrogen) atoms. The zero-order valence-electron chi connectivity index (χ0n) is 21.2. The van der Waals surface area contributed by atoms with Crippen LogP contribution in [0.5, 0.6) is 17.2 Å². The molecule has 1 atom stereocenters. The van der Waals surface area contributed by atoms with Crippen molar-refractivity contribution in [3.05, 3.63) is 53.2 Å². The summed E-state index contributed by atoms with van der Waals surface area (Å²) in [5, 5.41) is 11.4. The highest BCUT2D eigenvalue weighted by molar-refractivity contribution is 6.06. The molecule has 2 aromatic carbocycles. The van der Waals surface area contributed by atoms with E-state index in [0.29, 0.717) is 40.0 Å². The quantitative estimate of drug-likeness (QED) is 0.483. The smallest absolute Gasteiger partial charge is 0.260 e. The highest BCUT2D eigenvalue weighted by Gasteiger charge is 2.23. The van der Waals surface area contributed by atoms with E-state index in [1.54, 1.807) is 37.1 Å². The van der Waals surface area contributed by atoms with Crippen molar-refractivity contribution < 1.29 is 19.0 Å². The molecule has 0 radical (unpaired) electrons. The van der Waals surface area contributed by atoms with E-state index in [-0.39, 0.29) is 17.4 Å². The fraction of sp³-hybridized carbons (Fsp3) is 0.423. The van der Waals surface area contributed by atoms with Gasteiger partial charge < -0.3 is 19.5 Å². The SMILES string of the molecule is CCC(C)Oc1ccc(C(C)(C)C)cc1C(=O)Nc1nnn(-c2cc(OC)ccc2OC)c1C. The second-order valence-corrected chi connectivity index (χ2v) is 9.22. The molecule has 0 bridgehead atoms. The van der Waals surface area contributed by atoms with Gasteiger partial charge in [-0.2, -0.15) is 0 Å². The van der Waals surface area contributed by atoms with E-state index in [9.17, 15) is 4.79 Å². The van der Waals surface area contributed by atoms with E-state index in [2.05, 4.69) is 36.4 Å². The summed E-state index contributed by atoms with van der Waals surface area (Å²) in [6, 6.07) is 11.2. The standard InChI is InChI=1S/C26H34N4O4/c1-9-16(2)34-22-12-10-18(26(4,5)6)14-20(22)25(31)27-24-17(3)30(29-28-24)21-15-19(32-7)11-13-23(21)33-8/h10-16H,9H2,1-8H3,(H,27,31). The Morgan fingerprint density at radius 3 is 2.41 bits per heavy atom. The summed E-state index contributed by atoms with van der Waals surface area (Å²) in [7, 11) is 3.18. The minimum absolute atomic E-state index is 0.0184. The highest BCUT2D eigenvalue weighted by Crippen LogP contribution is 2.31. The molecule has 8 heteroatoms. The molecule has 3 rings (SSSR count). The number of aromatic nitrogens is 3. The van der Waals surface area contributed by atoms with Gasteiger partial charge in [0.05, 0.1) is 31.6 Å². The fourth-order valence-corrected chi connectivity index (χ4v) is 3.39. The number of anilines is 1. The number of hydrogen-bond donors (Lipinski definition) is 1. The van der Waals surface area contributed by atoms with Crippen LogP contribution in [-0.4, -0.2) is 41.2 Å². The second-order valence-electron chi connectivity index (χ2n) is 9.22. The summed E-state index contributed by atoms with van der Waals surface area (Å²) in [5.74, 6) is 1.85. The first kappa shape index (κ1) is 25.1. The first-order chi connectivity index (χ1) is 16.1. The van der Waals surface area contributed by atoms with Gasteiger partial charge in [-0.25, -0.2) is 4.68 Å². The number of ether oxygens (including phenoxy) is 3. The minimum atomic E-state index is -0.308. The van der Waals surface area contributed by atoms with E-state index in [1.165, 1.54) is 0 Å². The zero-order valence-corrected chi connectivity index (χ0v) is 21.2. The number of nitrogens with one attached hydrogen (secondary N) is 1. The van der Waals surface area contributed by atoms with Gasteiger partial charge in [0.2, 0.25) is 0 Å². The fourth-order valence-electron chi connectivity index (χ4n) is 3.39. The maximum absolute atomic E-state index is 13.4. The van der Waals surface area contributed by atoms with Gasteiger partial charge in [0, 0.05) is 6.07 Å². The van der Waals surface area contributed by atoms with Gasteiger partial charge in [0.25, 0.3) is 5.91 Å². The van der Waals surface area contributed by atoms with Crippen molar-refractivity contribution in [2.45, 2.75) is 59.5 Å². The van der Waals surface area contributed by atoms with Crippen molar-refractivity contribution in [2.75, 3.05) is 19.5 Å². The predicted octanol–water partition coefficient (Wildman–Crippen LogP) is 5.32. The Balaban J connectivity index is 1.97. The molecule has 3 aromatic rings. The molecule has 1 N–H and O–H groups in total. The Hall–Kier alpha value is -3.55. The minimum Gasteiger partial charge on any atom is -0.497 e. The van der Waals surface area contributed by atoms with Crippen LogP contribution in [0.2, 0.25) is 0 Å². The van der Waals surface area contributed by atoms with Gasteiger partial charge in [-0.15, -0.1) is 5.10 Å². The van der Waals surface area contributed by atoms with Gasteiger partial charge in [-0.05, 0) is 55.5 Å². The maximum atomic E-state index is 13.4. The molecule has 1 unspecified atom stereocenters. The molecule has 0 fully saturated rings. The van der Waals surface area contributed by atoms with Crippen LogP contribution in [0.3, 0.4) is 0 Å². The molecule has 0 saturated carbocycles. The number of hydrogen-bond acceptors (Lipinski definition) is 6. The third-order valence-corrected chi connectivity index (χ3v) is 5.73. The Labute approximate surface area is 201 Å². The normalized spacial score (nSPS) is 12.2. The van der Waals surface area contributed by atoms with Crippen LogP contribution in [0, 0.1) is 6.92 Å². The van der Waals surface area contributed by atoms with Crippen LogP contribution < -0.4 is 19.5 Å². The Morgan fingerprint density at radius 2 is 1.79 bits per heavy atom. The van der Waals surface area contributed by atoms with E-state index in [0.717, 1.165) is 12.0 Å². The number of carbonyl (C=O) groups excluding carboxylic acids is 1. The number of methoxy groups -OCH3 is 2. The van der Waals surface area contributed by atoms with E-state index < -0.39 is 0 Å². The van der Waals surface area contributed by atoms with Crippen LogP contribution >= 0.6 is 0 Å². The Kier molecular flexibility index (Phi) is 7.49. The number of carbonyl (C=O) groups is 1. The Bertz CT molecular complexity index is 1160. The van der Waals surface area contributed by atoms with Gasteiger partial charge in [0.15, 0.2) is 5.82 Å². The first-order valence-electron chi connectivity index (χ1n) is 11.4. The zero-order chi connectivity index (χ0) is 25.0. The summed E-state index contributed by atoms with van der Waals surface area (Å²) in [6.07, 6.45) is 0.813. The summed E-state index contributed by atoms with van der Waals surface area (Å²) in [4.78, 5) is 13.4. The lowest BCUT2D eigenvalue weighted by Gasteiger charge is -2.22. The third kappa shape index (κ3) is 5.32. The van der Waals surface area contributed by atoms with Crippen molar-refractivity contribution in [3.8, 4) is 22.9 Å². The molecule has 0 saturated heterocycles. The Morgan fingerprint density at radius 1 is 1.09 bits per heavy atom. The number of nitrogens with zero attached hydrogens (tertiary/aromatic N) is 3. The molecule has 0 aliphatic heterocycles. The molecule has 8 nitrogen and oxygen atoms in total. The lowest BCUT2D eigenvalue weighted by Crippen LogP contribution is -2.19. The molecule has 182 valence electrons. The predicted molar refractivity (Wildman–Crippen MR) is 133 cm³/mol. The molecule has 1 heterocycles. The van der Waals surface area contributed by atoms with Gasteiger partial charge in [-0.1, -0.05) is 39.0 Å². The van der Waals surface area contributed by atoms with Gasteiger partial charge in [-0.3, -0.25) is 4.79 Å².